The van der Waals surface area contributed by atoms with Crippen LogP contribution in [0.5, 0.6) is 0 Å². The number of nitrogens with zero attached hydrogens (tertiary/aromatic N) is 3. The molecular formula is C29H30ClN3O2S. The molecule has 186 valence electrons. The van der Waals surface area contributed by atoms with E-state index in [1.807, 2.05) is 53.4 Å². The van der Waals surface area contributed by atoms with Crippen LogP contribution < -0.4 is 4.90 Å². The fourth-order valence-corrected chi connectivity index (χ4v) is 7.26. The Kier molecular flexibility index (Phi) is 6.48. The summed E-state index contributed by atoms with van der Waals surface area (Å²) in [6.07, 6.45) is 4.29. The molecule has 2 aromatic carbocycles. The zero-order valence-corrected chi connectivity index (χ0v) is 21.8. The molecule has 1 aliphatic carbocycles. The summed E-state index contributed by atoms with van der Waals surface area (Å²) in [4.78, 5) is 35.7. The van der Waals surface area contributed by atoms with Crippen molar-refractivity contribution in [1.29, 1.82) is 0 Å². The highest BCUT2D eigenvalue weighted by Gasteiger charge is 2.48. The lowest BCUT2D eigenvalue weighted by Crippen LogP contribution is -2.54. The SMILES string of the molecule is O=C([C@H]1c2ccccc2C(=O)N(C2CCCC2)[C@H]1c1cccs1)N1CCN(c2cccc(Cl)c2)CC1. The molecule has 1 saturated heterocycles. The number of carbonyl (C=O) groups is 2. The number of hydrogen-bond donors (Lipinski definition) is 0. The van der Waals surface area contributed by atoms with Crippen molar-refractivity contribution in [3.8, 4) is 0 Å². The van der Waals surface area contributed by atoms with Gasteiger partial charge in [-0.25, -0.2) is 0 Å². The third kappa shape index (κ3) is 4.20. The molecule has 0 N–H and O–H groups in total. The van der Waals surface area contributed by atoms with Crippen molar-refractivity contribution >= 4 is 40.4 Å². The molecule has 0 bridgehead atoms. The van der Waals surface area contributed by atoms with E-state index in [2.05, 4.69) is 27.3 Å². The van der Waals surface area contributed by atoms with E-state index in [1.165, 1.54) is 0 Å². The van der Waals surface area contributed by atoms with Crippen molar-refractivity contribution in [1.82, 2.24) is 9.80 Å². The molecule has 3 heterocycles. The third-order valence-corrected chi connectivity index (χ3v) is 9.14. The number of halogens is 1. The van der Waals surface area contributed by atoms with E-state index in [4.69, 9.17) is 11.6 Å². The Labute approximate surface area is 221 Å². The van der Waals surface area contributed by atoms with Gasteiger partial charge in [0.1, 0.15) is 0 Å². The number of carbonyl (C=O) groups excluding carboxylic acids is 2. The molecule has 0 radical (unpaired) electrons. The highest BCUT2D eigenvalue weighted by Crippen LogP contribution is 2.47. The summed E-state index contributed by atoms with van der Waals surface area (Å²) in [5, 5.41) is 2.78. The Morgan fingerprint density at radius 1 is 0.917 bits per heavy atom. The van der Waals surface area contributed by atoms with Crippen molar-refractivity contribution < 1.29 is 9.59 Å². The lowest BCUT2D eigenvalue weighted by molar-refractivity contribution is -0.135. The van der Waals surface area contributed by atoms with Gasteiger partial charge in [0.05, 0.1) is 12.0 Å². The van der Waals surface area contributed by atoms with E-state index in [0.717, 1.165) is 59.9 Å². The smallest absolute Gasteiger partial charge is 0.254 e. The molecule has 3 aromatic rings. The van der Waals surface area contributed by atoms with Crippen LogP contribution in [0.2, 0.25) is 5.02 Å². The first kappa shape index (κ1) is 23.6. The van der Waals surface area contributed by atoms with Crippen LogP contribution in [0.25, 0.3) is 0 Å². The van der Waals surface area contributed by atoms with Gasteiger partial charge in [0, 0.05) is 53.4 Å². The van der Waals surface area contributed by atoms with Crippen molar-refractivity contribution in [2.75, 3.05) is 31.1 Å². The molecule has 2 fully saturated rings. The van der Waals surface area contributed by atoms with Crippen molar-refractivity contribution in [2.45, 2.75) is 43.7 Å². The third-order valence-electron chi connectivity index (χ3n) is 7.96. The van der Waals surface area contributed by atoms with Gasteiger partial charge in [0.15, 0.2) is 0 Å². The molecule has 0 unspecified atom stereocenters. The second-order valence-electron chi connectivity index (χ2n) is 9.97. The number of anilines is 1. The van der Waals surface area contributed by atoms with Gasteiger partial charge >= 0.3 is 0 Å². The molecule has 6 rings (SSSR count). The molecular weight excluding hydrogens is 490 g/mol. The summed E-state index contributed by atoms with van der Waals surface area (Å²) >= 11 is 7.86. The van der Waals surface area contributed by atoms with E-state index >= 15 is 0 Å². The minimum Gasteiger partial charge on any atom is -0.368 e. The monoisotopic (exact) mass is 519 g/mol. The summed E-state index contributed by atoms with van der Waals surface area (Å²) in [7, 11) is 0. The summed E-state index contributed by atoms with van der Waals surface area (Å²) in [5.74, 6) is -0.191. The summed E-state index contributed by atoms with van der Waals surface area (Å²) < 4.78 is 0. The first-order chi connectivity index (χ1) is 17.6. The molecule has 0 spiro atoms. The summed E-state index contributed by atoms with van der Waals surface area (Å²) in [6.45, 7) is 2.82. The average molecular weight is 520 g/mol. The molecule has 2 aliphatic heterocycles. The Bertz CT molecular complexity index is 1250. The Hall–Kier alpha value is -2.83. The van der Waals surface area contributed by atoms with Crippen molar-refractivity contribution in [2.24, 2.45) is 0 Å². The Balaban J connectivity index is 1.34. The van der Waals surface area contributed by atoms with Crippen LogP contribution in [0.3, 0.4) is 0 Å². The van der Waals surface area contributed by atoms with Gasteiger partial charge in [-0.2, -0.15) is 0 Å². The van der Waals surface area contributed by atoms with Gasteiger partial charge in [-0.05, 0) is 54.1 Å². The van der Waals surface area contributed by atoms with Crippen LogP contribution in [0.1, 0.15) is 58.4 Å². The number of benzene rings is 2. The van der Waals surface area contributed by atoms with E-state index in [9.17, 15) is 9.59 Å². The lowest BCUT2D eigenvalue weighted by Gasteiger charge is -2.46. The van der Waals surface area contributed by atoms with E-state index in [-0.39, 0.29) is 23.9 Å². The normalized spacial score (nSPS) is 22.7. The fourth-order valence-electron chi connectivity index (χ4n) is 6.22. The van der Waals surface area contributed by atoms with Crippen LogP contribution in [0.15, 0.2) is 66.0 Å². The second kappa shape index (κ2) is 9.91. The van der Waals surface area contributed by atoms with E-state index < -0.39 is 5.92 Å². The van der Waals surface area contributed by atoms with Gasteiger partial charge in [0.2, 0.25) is 5.91 Å². The van der Waals surface area contributed by atoms with Crippen LogP contribution >= 0.6 is 22.9 Å². The molecule has 36 heavy (non-hydrogen) atoms. The molecule has 7 heteroatoms. The maximum atomic E-state index is 14.3. The number of hydrogen-bond acceptors (Lipinski definition) is 4. The Morgan fingerprint density at radius 3 is 2.42 bits per heavy atom. The topological polar surface area (TPSA) is 43.9 Å². The largest absolute Gasteiger partial charge is 0.368 e. The zero-order valence-electron chi connectivity index (χ0n) is 20.2. The van der Waals surface area contributed by atoms with Gasteiger partial charge in [-0.1, -0.05) is 54.8 Å². The maximum absolute atomic E-state index is 14.3. The number of amides is 2. The van der Waals surface area contributed by atoms with Crippen LogP contribution in [0.4, 0.5) is 5.69 Å². The van der Waals surface area contributed by atoms with Crippen LogP contribution in [-0.2, 0) is 4.79 Å². The predicted octanol–water partition coefficient (Wildman–Crippen LogP) is 5.97. The zero-order chi connectivity index (χ0) is 24.6. The molecule has 1 aromatic heterocycles. The predicted molar refractivity (Wildman–Crippen MR) is 145 cm³/mol. The average Bonchev–Trinajstić information content (AvgIpc) is 3.63. The number of fused-ring (bicyclic) bond motifs is 1. The first-order valence-corrected chi connectivity index (χ1v) is 14.1. The van der Waals surface area contributed by atoms with Crippen molar-refractivity contribution in [3.63, 3.8) is 0 Å². The lowest BCUT2D eigenvalue weighted by atomic mass is 9.80. The second-order valence-corrected chi connectivity index (χ2v) is 11.4. The first-order valence-electron chi connectivity index (χ1n) is 12.9. The van der Waals surface area contributed by atoms with E-state index in [1.54, 1.807) is 11.3 Å². The maximum Gasteiger partial charge on any atom is 0.254 e. The number of thiophene rings is 1. The molecule has 2 atom stereocenters. The van der Waals surface area contributed by atoms with Gasteiger partial charge < -0.3 is 14.7 Å². The highest BCUT2D eigenvalue weighted by atomic mass is 35.5. The van der Waals surface area contributed by atoms with E-state index in [0.29, 0.717) is 18.7 Å². The molecule has 1 saturated carbocycles. The minimum absolute atomic E-state index is 0.0747. The standard InChI is InChI=1S/C29H30ClN3O2S/c30-20-7-5-10-22(19-20)31-14-16-32(17-15-31)29(35)26-23-11-3-4-12-24(23)28(34)33(21-8-1-2-9-21)27(26)25-13-6-18-36-25/h3-7,10-13,18-19,21,26-27H,1-2,8-9,14-17H2/t26-,27-/m0/s1. The van der Waals surface area contributed by atoms with Crippen molar-refractivity contribution in [3.05, 3.63) is 87.1 Å². The van der Waals surface area contributed by atoms with Gasteiger partial charge in [-0.3, -0.25) is 9.59 Å². The number of rotatable bonds is 4. The molecule has 2 amide bonds. The fraction of sp³-hybridized carbons (Fsp3) is 0.379. The molecule has 5 nitrogen and oxygen atoms in total. The van der Waals surface area contributed by atoms with Gasteiger partial charge in [-0.15, -0.1) is 11.3 Å². The number of piperazine rings is 1. The summed E-state index contributed by atoms with van der Waals surface area (Å²) in [6, 6.07) is 19.7. The molecule has 3 aliphatic rings. The Morgan fingerprint density at radius 2 is 1.69 bits per heavy atom. The quantitative estimate of drug-likeness (QED) is 0.426. The van der Waals surface area contributed by atoms with Crippen LogP contribution in [-0.4, -0.2) is 53.8 Å². The van der Waals surface area contributed by atoms with Crippen LogP contribution in [0, 0.1) is 0 Å². The van der Waals surface area contributed by atoms with Gasteiger partial charge in [0.25, 0.3) is 5.91 Å². The highest BCUT2D eigenvalue weighted by molar-refractivity contribution is 7.10. The minimum atomic E-state index is -0.393. The summed E-state index contributed by atoms with van der Waals surface area (Å²) in [5.41, 5.74) is 2.65.